The lowest BCUT2D eigenvalue weighted by Crippen LogP contribution is -2.22. The first-order chi connectivity index (χ1) is 11.6. The van der Waals surface area contributed by atoms with Crippen LogP contribution in [0.4, 0.5) is 8.78 Å². The summed E-state index contributed by atoms with van der Waals surface area (Å²) in [4.78, 5) is 16.2. The van der Waals surface area contributed by atoms with E-state index in [1.54, 1.807) is 22.9 Å². The minimum atomic E-state index is -0.807. The number of nitrogens with zero attached hydrogens (tertiary/aromatic N) is 2. The van der Waals surface area contributed by atoms with Gasteiger partial charge in [-0.3, -0.25) is 4.79 Å². The molecule has 24 heavy (non-hydrogen) atoms. The van der Waals surface area contributed by atoms with E-state index in [9.17, 15) is 13.6 Å². The van der Waals surface area contributed by atoms with Gasteiger partial charge in [-0.15, -0.1) is 0 Å². The summed E-state index contributed by atoms with van der Waals surface area (Å²) < 4.78 is 28.3. The fraction of sp³-hybridized carbons (Fsp3) is 0.0526. The highest BCUT2D eigenvalue weighted by atomic mass is 19.1. The summed E-state index contributed by atoms with van der Waals surface area (Å²) in [5, 5.41) is 0. The lowest BCUT2D eigenvalue weighted by molar-refractivity contribution is 0.0996. The Morgan fingerprint density at radius 1 is 0.917 bits per heavy atom. The van der Waals surface area contributed by atoms with Crippen molar-refractivity contribution in [1.82, 2.24) is 4.57 Å². The van der Waals surface area contributed by atoms with Gasteiger partial charge in [0.2, 0.25) is 0 Å². The second-order valence-corrected chi connectivity index (χ2v) is 5.25. The Morgan fingerprint density at radius 2 is 1.58 bits per heavy atom. The Balaban J connectivity index is 1.96. The molecule has 120 valence electrons. The third kappa shape index (κ3) is 3.81. The quantitative estimate of drug-likeness (QED) is 0.725. The van der Waals surface area contributed by atoms with Crippen LogP contribution in [-0.4, -0.2) is 10.5 Å². The highest BCUT2D eigenvalue weighted by Crippen LogP contribution is 2.09. The van der Waals surface area contributed by atoms with Crippen LogP contribution < -0.4 is 5.49 Å². The van der Waals surface area contributed by atoms with Crippen molar-refractivity contribution in [1.29, 1.82) is 0 Å². The molecule has 0 aliphatic carbocycles. The van der Waals surface area contributed by atoms with Gasteiger partial charge in [0.1, 0.15) is 17.1 Å². The first-order valence-electron chi connectivity index (χ1n) is 7.36. The van der Waals surface area contributed by atoms with Crippen LogP contribution in [0.15, 0.2) is 77.9 Å². The molecule has 3 nitrogen and oxygen atoms in total. The summed E-state index contributed by atoms with van der Waals surface area (Å²) in [5.41, 5.74) is 1.34. The highest BCUT2D eigenvalue weighted by molar-refractivity contribution is 5.94. The van der Waals surface area contributed by atoms with Gasteiger partial charge < -0.3 is 4.57 Å². The van der Waals surface area contributed by atoms with Crippen LogP contribution in [0.3, 0.4) is 0 Å². The number of aromatic nitrogens is 1. The van der Waals surface area contributed by atoms with Crippen molar-refractivity contribution in [3.63, 3.8) is 0 Å². The fourth-order valence-electron chi connectivity index (χ4n) is 2.33. The molecule has 1 heterocycles. The van der Waals surface area contributed by atoms with Crippen molar-refractivity contribution < 1.29 is 13.6 Å². The molecule has 0 saturated carbocycles. The predicted molar refractivity (Wildman–Crippen MR) is 86.2 cm³/mol. The zero-order chi connectivity index (χ0) is 16.9. The minimum Gasteiger partial charge on any atom is -0.328 e. The maximum Gasteiger partial charge on any atom is 0.279 e. The number of rotatable bonds is 3. The summed E-state index contributed by atoms with van der Waals surface area (Å²) in [7, 11) is 0. The van der Waals surface area contributed by atoms with Gasteiger partial charge in [-0.25, -0.2) is 8.78 Å². The van der Waals surface area contributed by atoms with Gasteiger partial charge in [0.05, 0.1) is 0 Å². The molecule has 0 radical (unpaired) electrons. The van der Waals surface area contributed by atoms with Crippen LogP contribution in [-0.2, 0) is 6.54 Å². The van der Waals surface area contributed by atoms with E-state index in [-0.39, 0.29) is 5.56 Å². The Labute approximate surface area is 137 Å². The van der Waals surface area contributed by atoms with E-state index in [2.05, 4.69) is 4.99 Å². The molecule has 0 N–H and O–H groups in total. The Kier molecular flexibility index (Phi) is 4.61. The molecule has 1 aromatic heterocycles. The maximum atomic E-state index is 13.3. The number of carbonyl (C=O) groups is 1. The van der Waals surface area contributed by atoms with Crippen molar-refractivity contribution in [2.45, 2.75) is 6.54 Å². The molecule has 3 aromatic rings. The molecule has 0 fully saturated rings. The third-order valence-electron chi connectivity index (χ3n) is 3.44. The Morgan fingerprint density at radius 3 is 2.29 bits per heavy atom. The van der Waals surface area contributed by atoms with Crippen LogP contribution in [0.1, 0.15) is 15.9 Å². The average Bonchev–Trinajstić information content (AvgIpc) is 2.56. The topological polar surface area (TPSA) is 34.4 Å². The zero-order valence-electron chi connectivity index (χ0n) is 12.7. The molecule has 3 rings (SSSR count). The number of hydrogen-bond donors (Lipinski definition) is 0. The first kappa shape index (κ1) is 15.8. The third-order valence-corrected chi connectivity index (χ3v) is 3.44. The first-order valence-corrected chi connectivity index (χ1v) is 7.36. The van der Waals surface area contributed by atoms with E-state index >= 15 is 0 Å². The number of carbonyl (C=O) groups excluding carboxylic acids is 1. The standard InChI is InChI=1S/C19H14F2N2O/c20-16-10-15(11-17(21)12-16)19(24)22-18-8-4-5-9-23(18)13-14-6-2-1-3-7-14/h1-12H,13H2. The molecule has 2 aromatic carbocycles. The molecule has 0 bridgehead atoms. The Hall–Kier alpha value is -3.08. The molecule has 0 saturated heterocycles. The SMILES string of the molecule is O=C(N=c1ccccn1Cc1ccccc1)c1cc(F)cc(F)c1. The van der Waals surface area contributed by atoms with E-state index < -0.39 is 17.5 Å². The zero-order valence-corrected chi connectivity index (χ0v) is 12.7. The second-order valence-electron chi connectivity index (χ2n) is 5.25. The van der Waals surface area contributed by atoms with Crippen molar-refractivity contribution in [3.05, 3.63) is 101 Å². The molecule has 1 amide bonds. The van der Waals surface area contributed by atoms with E-state index in [1.807, 2.05) is 36.4 Å². The largest absolute Gasteiger partial charge is 0.328 e. The summed E-state index contributed by atoms with van der Waals surface area (Å²) in [6.07, 6.45) is 1.80. The second kappa shape index (κ2) is 7.00. The minimum absolute atomic E-state index is 0.123. The Bertz CT molecular complexity index is 913. The van der Waals surface area contributed by atoms with Gasteiger partial charge in [-0.1, -0.05) is 36.4 Å². The van der Waals surface area contributed by atoms with Crippen LogP contribution in [0.5, 0.6) is 0 Å². The lowest BCUT2D eigenvalue weighted by Gasteiger charge is -2.07. The number of benzene rings is 2. The highest BCUT2D eigenvalue weighted by Gasteiger charge is 2.08. The van der Waals surface area contributed by atoms with E-state index in [0.717, 1.165) is 23.8 Å². The monoisotopic (exact) mass is 324 g/mol. The number of hydrogen-bond acceptors (Lipinski definition) is 1. The normalized spacial score (nSPS) is 11.5. The van der Waals surface area contributed by atoms with Crippen LogP contribution in [0.2, 0.25) is 0 Å². The van der Waals surface area contributed by atoms with Crippen LogP contribution in [0, 0.1) is 11.6 Å². The van der Waals surface area contributed by atoms with Crippen LogP contribution >= 0.6 is 0 Å². The van der Waals surface area contributed by atoms with Gasteiger partial charge in [0.15, 0.2) is 0 Å². The van der Waals surface area contributed by atoms with Gasteiger partial charge in [0, 0.05) is 24.4 Å². The molecule has 0 aliphatic heterocycles. The summed E-state index contributed by atoms with van der Waals surface area (Å²) >= 11 is 0. The molecule has 0 aliphatic rings. The van der Waals surface area contributed by atoms with Crippen molar-refractivity contribution in [2.75, 3.05) is 0 Å². The maximum absolute atomic E-state index is 13.3. The summed E-state index contributed by atoms with van der Waals surface area (Å²) in [5.74, 6) is -2.31. The number of halogens is 2. The van der Waals surface area contributed by atoms with Gasteiger partial charge in [-0.2, -0.15) is 4.99 Å². The number of amides is 1. The van der Waals surface area contributed by atoms with Crippen molar-refractivity contribution in [3.8, 4) is 0 Å². The fourth-order valence-corrected chi connectivity index (χ4v) is 2.33. The smallest absolute Gasteiger partial charge is 0.279 e. The van der Waals surface area contributed by atoms with E-state index in [0.29, 0.717) is 12.0 Å². The van der Waals surface area contributed by atoms with Gasteiger partial charge in [-0.05, 0) is 29.8 Å². The molecule has 0 atom stereocenters. The molecular formula is C19H14F2N2O. The molecular weight excluding hydrogens is 310 g/mol. The number of pyridine rings is 1. The van der Waals surface area contributed by atoms with E-state index in [4.69, 9.17) is 0 Å². The summed E-state index contributed by atoms with van der Waals surface area (Å²) in [6, 6.07) is 17.6. The van der Waals surface area contributed by atoms with Crippen molar-refractivity contribution in [2.24, 2.45) is 4.99 Å². The van der Waals surface area contributed by atoms with E-state index in [1.165, 1.54) is 0 Å². The van der Waals surface area contributed by atoms with Gasteiger partial charge in [0.25, 0.3) is 5.91 Å². The molecule has 0 unspecified atom stereocenters. The molecule has 5 heteroatoms. The lowest BCUT2D eigenvalue weighted by atomic mass is 10.2. The summed E-state index contributed by atoms with van der Waals surface area (Å²) in [6.45, 7) is 0.533. The van der Waals surface area contributed by atoms with Crippen LogP contribution in [0.25, 0.3) is 0 Å². The van der Waals surface area contributed by atoms with Crippen molar-refractivity contribution >= 4 is 5.91 Å². The predicted octanol–water partition coefficient (Wildman–Crippen LogP) is 3.56. The van der Waals surface area contributed by atoms with Gasteiger partial charge >= 0.3 is 0 Å². The average molecular weight is 324 g/mol. The molecule has 0 spiro atoms.